The van der Waals surface area contributed by atoms with Gasteiger partial charge in [-0.15, -0.1) is 0 Å². The number of rotatable bonds is 5. The number of aromatic nitrogens is 1. The van der Waals surface area contributed by atoms with Crippen molar-refractivity contribution in [3.8, 4) is 11.5 Å². The predicted octanol–water partition coefficient (Wildman–Crippen LogP) is 2.43. The van der Waals surface area contributed by atoms with E-state index in [1.807, 2.05) is 0 Å². The topological polar surface area (TPSA) is 86.8 Å². The number of ether oxygens (including phenoxy) is 3. The van der Waals surface area contributed by atoms with Gasteiger partial charge in [0.15, 0.2) is 17.6 Å². The Bertz CT molecular complexity index is 763. The fraction of sp³-hybridized carbons (Fsp3) is 0.278. The normalized spacial score (nSPS) is 13.6. The Balaban J connectivity index is 1.65. The zero-order chi connectivity index (χ0) is 17.6. The monoisotopic (exact) mass is 342 g/mol. The standard InChI is InChI=1S/C18H18N2O5/c1-2-14(25-18(22)12-5-7-19-8-6-12)17(21)20-13-3-4-15-16(11-13)24-10-9-23-15/h3-8,11,14H,2,9-10H2,1H3,(H,20,21). The van der Waals surface area contributed by atoms with Crippen LogP contribution in [0.5, 0.6) is 11.5 Å². The second-order valence-electron chi connectivity index (χ2n) is 5.39. The maximum atomic E-state index is 12.4. The van der Waals surface area contributed by atoms with E-state index in [4.69, 9.17) is 14.2 Å². The largest absolute Gasteiger partial charge is 0.486 e. The van der Waals surface area contributed by atoms with E-state index in [2.05, 4.69) is 10.3 Å². The third-order valence-corrected chi connectivity index (χ3v) is 3.64. The van der Waals surface area contributed by atoms with Crippen molar-refractivity contribution in [3.05, 3.63) is 48.3 Å². The molecule has 1 aromatic heterocycles. The van der Waals surface area contributed by atoms with E-state index in [0.717, 1.165) is 0 Å². The van der Waals surface area contributed by atoms with E-state index in [9.17, 15) is 9.59 Å². The van der Waals surface area contributed by atoms with Gasteiger partial charge in [-0.2, -0.15) is 0 Å². The van der Waals surface area contributed by atoms with Crippen LogP contribution in [0, 0.1) is 0 Å². The maximum Gasteiger partial charge on any atom is 0.339 e. The highest BCUT2D eigenvalue weighted by Crippen LogP contribution is 2.32. The van der Waals surface area contributed by atoms with E-state index in [1.165, 1.54) is 24.5 Å². The van der Waals surface area contributed by atoms with E-state index in [-0.39, 0.29) is 0 Å². The molecule has 0 saturated heterocycles. The molecule has 0 bridgehead atoms. The van der Waals surface area contributed by atoms with E-state index in [1.54, 1.807) is 25.1 Å². The molecule has 25 heavy (non-hydrogen) atoms. The van der Waals surface area contributed by atoms with Gasteiger partial charge in [0.25, 0.3) is 5.91 Å². The number of carbonyl (C=O) groups excluding carboxylic acids is 2. The minimum Gasteiger partial charge on any atom is -0.486 e. The summed E-state index contributed by atoms with van der Waals surface area (Å²) in [5.74, 6) is 0.249. The number of hydrogen-bond acceptors (Lipinski definition) is 6. The van der Waals surface area contributed by atoms with Crippen molar-refractivity contribution >= 4 is 17.6 Å². The zero-order valence-corrected chi connectivity index (χ0v) is 13.7. The van der Waals surface area contributed by atoms with Crippen molar-refractivity contribution in [1.82, 2.24) is 4.98 Å². The van der Waals surface area contributed by atoms with Gasteiger partial charge in [0.1, 0.15) is 13.2 Å². The molecule has 0 aliphatic carbocycles. The molecule has 1 N–H and O–H groups in total. The average Bonchev–Trinajstić information content (AvgIpc) is 2.66. The van der Waals surface area contributed by atoms with Crippen molar-refractivity contribution in [2.75, 3.05) is 18.5 Å². The highest BCUT2D eigenvalue weighted by molar-refractivity contribution is 5.97. The Labute approximate surface area is 144 Å². The van der Waals surface area contributed by atoms with Crippen molar-refractivity contribution < 1.29 is 23.8 Å². The number of pyridine rings is 1. The van der Waals surface area contributed by atoms with E-state index < -0.39 is 18.0 Å². The zero-order valence-electron chi connectivity index (χ0n) is 13.7. The molecule has 3 rings (SSSR count). The highest BCUT2D eigenvalue weighted by Gasteiger charge is 2.22. The molecule has 1 aromatic carbocycles. The third kappa shape index (κ3) is 4.06. The number of fused-ring (bicyclic) bond motifs is 1. The number of esters is 1. The Morgan fingerprint density at radius 2 is 1.88 bits per heavy atom. The molecule has 0 fully saturated rings. The lowest BCUT2D eigenvalue weighted by Crippen LogP contribution is -2.32. The molecular weight excluding hydrogens is 324 g/mol. The van der Waals surface area contributed by atoms with Gasteiger partial charge >= 0.3 is 5.97 Å². The van der Waals surface area contributed by atoms with Crippen LogP contribution in [0.3, 0.4) is 0 Å². The van der Waals surface area contributed by atoms with Gasteiger partial charge in [0.2, 0.25) is 0 Å². The van der Waals surface area contributed by atoms with Gasteiger partial charge in [-0.05, 0) is 30.7 Å². The Kier molecular flexibility index (Phi) is 5.13. The minimum atomic E-state index is -0.895. The molecule has 130 valence electrons. The number of carbonyl (C=O) groups is 2. The van der Waals surface area contributed by atoms with Gasteiger partial charge in [-0.25, -0.2) is 4.79 Å². The lowest BCUT2D eigenvalue weighted by molar-refractivity contribution is -0.124. The predicted molar refractivity (Wildman–Crippen MR) is 89.8 cm³/mol. The van der Waals surface area contributed by atoms with Gasteiger partial charge in [-0.3, -0.25) is 9.78 Å². The quantitative estimate of drug-likeness (QED) is 0.840. The molecule has 7 nitrogen and oxygen atoms in total. The molecule has 7 heteroatoms. The van der Waals surface area contributed by atoms with Crippen LogP contribution in [0.25, 0.3) is 0 Å². The maximum absolute atomic E-state index is 12.4. The van der Waals surface area contributed by atoms with Crippen LogP contribution in [0.15, 0.2) is 42.7 Å². The molecule has 0 spiro atoms. The van der Waals surface area contributed by atoms with Gasteiger partial charge in [0.05, 0.1) is 5.56 Å². The molecule has 1 aliphatic heterocycles. The summed E-state index contributed by atoms with van der Waals surface area (Å²) in [5, 5.41) is 2.74. The van der Waals surface area contributed by atoms with E-state index in [0.29, 0.717) is 42.4 Å². The lowest BCUT2D eigenvalue weighted by atomic mass is 10.2. The van der Waals surface area contributed by atoms with Gasteiger partial charge < -0.3 is 19.5 Å². The summed E-state index contributed by atoms with van der Waals surface area (Å²) < 4.78 is 16.2. The summed E-state index contributed by atoms with van der Waals surface area (Å²) in [7, 11) is 0. The molecule has 2 aromatic rings. The van der Waals surface area contributed by atoms with Crippen LogP contribution in [0.1, 0.15) is 23.7 Å². The molecular formula is C18H18N2O5. The van der Waals surface area contributed by atoms with Crippen LogP contribution >= 0.6 is 0 Å². The number of nitrogens with one attached hydrogen (secondary N) is 1. The summed E-state index contributed by atoms with van der Waals surface area (Å²) in [6.45, 7) is 2.74. The van der Waals surface area contributed by atoms with Crippen LogP contribution < -0.4 is 14.8 Å². The minimum absolute atomic E-state index is 0.348. The summed E-state index contributed by atoms with van der Waals surface area (Å²) >= 11 is 0. The number of amides is 1. The molecule has 0 saturated carbocycles. The first-order valence-corrected chi connectivity index (χ1v) is 7.99. The van der Waals surface area contributed by atoms with Crippen LogP contribution in [-0.4, -0.2) is 36.2 Å². The lowest BCUT2D eigenvalue weighted by Gasteiger charge is -2.20. The SMILES string of the molecule is CCC(OC(=O)c1ccncc1)C(=O)Nc1ccc2c(c1)OCCO2. The first-order valence-electron chi connectivity index (χ1n) is 7.99. The molecule has 1 atom stereocenters. The van der Waals surface area contributed by atoms with Crippen molar-refractivity contribution in [3.63, 3.8) is 0 Å². The summed E-state index contributed by atoms with van der Waals surface area (Å²) in [4.78, 5) is 28.3. The third-order valence-electron chi connectivity index (χ3n) is 3.64. The number of benzene rings is 1. The summed E-state index contributed by atoms with van der Waals surface area (Å²) in [6.07, 6.45) is 2.45. The van der Waals surface area contributed by atoms with Gasteiger partial charge in [-0.1, -0.05) is 6.92 Å². The summed E-state index contributed by atoms with van der Waals surface area (Å²) in [6, 6.07) is 8.20. The fourth-order valence-electron chi connectivity index (χ4n) is 2.35. The van der Waals surface area contributed by atoms with Crippen molar-refractivity contribution in [2.45, 2.75) is 19.4 Å². The first-order chi connectivity index (χ1) is 12.2. The van der Waals surface area contributed by atoms with Crippen LogP contribution in [0.2, 0.25) is 0 Å². The van der Waals surface area contributed by atoms with Crippen molar-refractivity contribution in [2.24, 2.45) is 0 Å². The molecule has 1 amide bonds. The Hall–Kier alpha value is -3.09. The molecule has 1 aliphatic rings. The number of anilines is 1. The smallest absolute Gasteiger partial charge is 0.339 e. The molecule has 2 heterocycles. The number of nitrogens with zero attached hydrogens (tertiary/aromatic N) is 1. The highest BCUT2D eigenvalue weighted by atomic mass is 16.6. The van der Waals surface area contributed by atoms with Crippen LogP contribution in [0.4, 0.5) is 5.69 Å². The first kappa shape index (κ1) is 16.8. The Morgan fingerprint density at radius 1 is 1.16 bits per heavy atom. The fourth-order valence-corrected chi connectivity index (χ4v) is 2.35. The van der Waals surface area contributed by atoms with Crippen molar-refractivity contribution in [1.29, 1.82) is 0 Å². The second kappa shape index (κ2) is 7.65. The Morgan fingerprint density at radius 3 is 2.60 bits per heavy atom. The molecule has 0 radical (unpaired) electrons. The van der Waals surface area contributed by atoms with Crippen LogP contribution in [-0.2, 0) is 9.53 Å². The number of hydrogen-bond donors (Lipinski definition) is 1. The average molecular weight is 342 g/mol. The van der Waals surface area contributed by atoms with Gasteiger partial charge in [0, 0.05) is 24.1 Å². The second-order valence-corrected chi connectivity index (χ2v) is 5.39. The van der Waals surface area contributed by atoms with E-state index >= 15 is 0 Å². The summed E-state index contributed by atoms with van der Waals surface area (Å²) in [5.41, 5.74) is 0.897. The molecule has 1 unspecified atom stereocenters.